The van der Waals surface area contributed by atoms with Crippen molar-refractivity contribution in [3.63, 3.8) is 0 Å². The largest absolute Gasteiger partial charge is 0.324 e. The molecule has 0 bridgehead atoms. The van der Waals surface area contributed by atoms with Gasteiger partial charge in [-0.25, -0.2) is 0 Å². The van der Waals surface area contributed by atoms with Gasteiger partial charge >= 0.3 is 0 Å². The Morgan fingerprint density at radius 1 is 1.73 bits per heavy atom. The van der Waals surface area contributed by atoms with Gasteiger partial charge in [0.2, 0.25) is 0 Å². The normalized spacial score (nSPS) is 9.18. The van der Waals surface area contributed by atoms with Crippen molar-refractivity contribution in [2.45, 2.75) is 6.92 Å². The number of hydrogen-bond donors (Lipinski definition) is 1. The Morgan fingerprint density at radius 2 is 2.36 bits per heavy atom. The highest BCUT2D eigenvalue weighted by Gasteiger charge is 1.99. The predicted molar refractivity (Wildman–Crippen MR) is 47.4 cm³/mol. The summed E-state index contributed by atoms with van der Waals surface area (Å²) in [5.41, 5.74) is 0.921. The maximum absolute atomic E-state index is 11.0. The van der Waals surface area contributed by atoms with Gasteiger partial charge in [-0.2, -0.15) is 0 Å². The molecule has 2 nitrogen and oxygen atoms in total. The Hall–Kier alpha value is -1.01. The molecule has 56 valence electrons. The van der Waals surface area contributed by atoms with Crippen LogP contribution >= 0.6 is 15.9 Å². The van der Waals surface area contributed by atoms with Crippen molar-refractivity contribution in [3.8, 4) is 12.3 Å². The Labute approximate surface area is 72.8 Å². The first-order valence-corrected chi connectivity index (χ1v) is 3.80. The molecule has 0 amide bonds. The van der Waals surface area contributed by atoms with Gasteiger partial charge in [0, 0.05) is 10.2 Å². The molecule has 0 spiro atoms. The van der Waals surface area contributed by atoms with Gasteiger partial charge in [0.1, 0.15) is 0 Å². The smallest absolute Gasteiger partial charge is 0.263 e. The van der Waals surface area contributed by atoms with Gasteiger partial charge in [0.25, 0.3) is 5.56 Å². The molecule has 0 atom stereocenters. The lowest BCUT2D eigenvalue weighted by atomic mass is 10.2. The van der Waals surface area contributed by atoms with Crippen LogP contribution in [-0.2, 0) is 0 Å². The number of H-pyrrole nitrogens is 1. The SMILES string of the molecule is C#Cc1cc(Br)c(C)[nH]c1=O. The summed E-state index contributed by atoms with van der Waals surface area (Å²) in [7, 11) is 0. The minimum absolute atomic E-state index is 0.215. The Bertz CT molecular complexity index is 373. The van der Waals surface area contributed by atoms with Crippen LogP contribution in [0.5, 0.6) is 0 Å². The molecule has 0 aliphatic carbocycles. The van der Waals surface area contributed by atoms with Gasteiger partial charge in [-0.05, 0) is 28.9 Å². The molecule has 1 aromatic heterocycles. The minimum Gasteiger partial charge on any atom is -0.324 e. The molecule has 0 saturated heterocycles. The lowest BCUT2D eigenvalue weighted by Crippen LogP contribution is -2.10. The number of aryl methyl sites for hydroxylation is 1. The van der Waals surface area contributed by atoms with Gasteiger partial charge in [-0.1, -0.05) is 5.92 Å². The molecule has 0 aromatic carbocycles. The van der Waals surface area contributed by atoms with E-state index in [1.807, 2.05) is 0 Å². The van der Waals surface area contributed by atoms with Crippen molar-refractivity contribution >= 4 is 15.9 Å². The van der Waals surface area contributed by atoms with Crippen LogP contribution in [0.1, 0.15) is 11.3 Å². The molecule has 0 aliphatic rings. The Morgan fingerprint density at radius 3 is 2.91 bits per heavy atom. The highest BCUT2D eigenvalue weighted by Crippen LogP contribution is 2.11. The summed E-state index contributed by atoms with van der Waals surface area (Å²) < 4.78 is 0.824. The van der Waals surface area contributed by atoms with E-state index < -0.39 is 0 Å². The topological polar surface area (TPSA) is 32.9 Å². The fraction of sp³-hybridized carbons (Fsp3) is 0.125. The lowest BCUT2D eigenvalue weighted by Gasteiger charge is -1.96. The number of halogens is 1. The van der Waals surface area contributed by atoms with Crippen LogP contribution < -0.4 is 5.56 Å². The zero-order valence-electron chi connectivity index (χ0n) is 5.94. The molecule has 0 unspecified atom stereocenters. The Kier molecular flexibility index (Phi) is 2.16. The van der Waals surface area contributed by atoms with Gasteiger partial charge in [-0.15, -0.1) is 6.42 Å². The van der Waals surface area contributed by atoms with E-state index in [0.717, 1.165) is 10.2 Å². The van der Waals surface area contributed by atoms with Crippen LogP contribution in [0.3, 0.4) is 0 Å². The summed E-state index contributed by atoms with van der Waals surface area (Å²) in [4.78, 5) is 13.6. The first-order valence-electron chi connectivity index (χ1n) is 3.01. The van der Waals surface area contributed by atoms with Crippen LogP contribution in [0, 0.1) is 19.3 Å². The number of hydrogen-bond acceptors (Lipinski definition) is 1. The second-order valence-corrected chi connectivity index (χ2v) is 2.98. The average Bonchev–Trinajstić information content (AvgIpc) is 1.97. The zero-order valence-corrected chi connectivity index (χ0v) is 7.53. The van der Waals surface area contributed by atoms with Gasteiger partial charge in [0.15, 0.2) is 0 Å². The van der Waals surface area contributed by atoms with Crippen LogP contribution in [0.25, 0.3) is 0 Å². The predicted octanol–water partition coefficient (Wildman–Crippen LogP) is 1.43. The summed E-state index contributed by atoms with van der Waals surface area (Å²) in [6.07, 6.45) is 5.08. The summed E-state index contributed by atoms with van der Waals surface area (Å²) in [6, 6.07) is 1.63. The van der Waals surface area contributed by atoms with Crippen LogP contribution in [-0.4, -0.2) is 4.98 Å². The van der Waals surface area contributed by atoms with E-state index in [2.05, 4.69) is 26.8 Å². The van der Waals surface area contributed by atoms with Gasteiger partial charge in [0.05, 0.1) is 5.56 Å². The zero-order chi connectivity index (χ0) is 8.43. The van der Waals surface area contributed by atoms with Crippen LogP contribution in [0.2, 0.25) is 0 Å². The molecular formula is C8H6BrNO. The molecule has 1 heterocycles. The van der Waals surface area contributed by atoms with E-state index >= 15 is 0 Å². The molecule has 0 aliphatic heterocycles. The second-order valence-electron chi connectivity index (χ2n) is 2.13. The quantitative estimate of drug-likeness (QED) is 0.648. The van der Waals surface area contributed by atoms with Crippen molar-refractivity contribution < 1.29 is 0 Å². The van der Waals surface area contributed by atoms with E-state index in [-0.39, 0.29) is 5.56 Å². The third-order valence-electron chi connectivity index (χ3n) is 1.33. The summed E-state index contributed by atoms with van der Waals surface area (Å²) in [5, 5.41) is 0. The van der Waals surface area contributed by atoms with E-state index in [9.17, 15) is 4.79 Å². The van der Waals surface area contributed by atoms with Crippen molar-refractivity contribution in [2.75, 3.05) is 0 Å². The molecule has 11 heavy (non-hydrogen) atoms. The number of pyridine rings is 1. The molecule has 1 aromatic rings. The summed E-state index contributed by atoms with van der Waals surface area (Å²) >= 11 is 3.26. The number of terminal acetylenes is 1. The second kappa shape index (κ2) is 2.93. The number of rotatable bonds is 0. The van der Waals surface area contributed by atoms with E-state index in [4.69, 9.17) is 6.42 Å². The first kappa shape index (κ1) is 8.09. The maximum atomic E-state index is 11.0. The first-order chi connectivity index (χ1) is 5.15. The van der Waals surface area contributed by atoms with Crippen molar-refractivity contribution in [3.05, 3.63) is 32.2 Å². The standard InChI is InChI=1S/C8H6BrNO/c1-3-6-4-7(9)5(2)10-8(6)11/h1,4H,2H3,(H,10,11). The fourth-order valence-corrected chi connectivity index (χ4v) is 1.03. The monoisotopic (exact) mass is 211 g/mol. The van der Waals surface area contributed by atoms with Gasteiger partial charge < -0.3 is 4.98 Å². The fourth-order valence-electron chi connectivity index (χ4n) is 0.705. The summed E-state index contributed by atoms with van der Waals surface area (Å²) in [6.45, 7) is 1.80. The van der Waals surface area contributed by atoms with E-state index in [1.165, 1.54) is 0 Å². The highest BCUT2D eigenvalue weighted by molar-refractivity contribution is 9.10. The molecule has 3 heteroatoms. The van der Waals surface area contributed by atoms with E-state index in [0.29, 0.717) is 5.56 Å². The third-order valence-corrected chi connectivity index (χ3v) is 2.15. The number of nitrogens with one attached hydrogen (secondary N) is 1. The molecule has 1 rings (SSSR count). The summed E-state index contributed by atoms with van der Waals surface area (Å²) in [5.74, 6) is 2.29. The Balaban J connectivity index is 3.48. The number of aromatic nitrogens is 1. The average molecular weight is 212 g/mol. The number of aromatic amines is 1. The van der Waals surface area contributed by atoms with Crippen molar-refractivity contribution in [1.82, 2.24) is 4.98 Å². The molecular weight excluding hydrogens is 206 g/mol. The van der Waals surface area contributed by atoms with Gasteiger partial charge in [-0.3, -0.25) is 4.79 Å². The molecule has 0 radical (unpaired) electrons. The maximum Gasteiger partial charge on any atom is 0.263 e. The van der Waals surface area contributed by atoms with Crippen LogP contribution in [0.4, 0.5) is 0 Å². The highest BCUT2D eigenvalue weighted by atomic mass is 79.9. The lowest BCUT2D eigenvalue weighted by molar-refractivity contribution is 1.12. The molecule has 0 saturated carbocycles. The van der Waals surface area contributed by atoms with E-state index in [1.54, 1.807) is 13.0 Å². The van der Waals surface area contributed by atoms with Crippen molar-refractivity contribution in [2.24, 2.45) is 0 Å². The minimum atomic E-state index is -0.215. The van der Waals surface area contributed by atoms with Crippen molar-refractivity contribution in [1.29, 1.82) is 0 Å². The third kappa shape index (κ3) is 1.52. The van der Waals surface area contributed by atoms with Crippen LogP contribution in [0.15, 0.2) is 15.3 Å². The molecule has 0 fully saturated rings. The molecule has 1 N–H and O–H groups in total.